The van der Waals surface area contributed by atoms with Crippen LogP contribution in [0, 0.1) is 24.8 Å². The molecule has 0 fully saturated rings. The lowest BCUT2D eigenvalue weighted by molar-refractivity contribution is 0.668. The molecule has 15 rings (SSSR count). The highest BCUT2D eigenvalue weighted by Gasteiger charge is 2.33. The molecule has 0 aliphatic rings. The van der Waals surface area contributed by atoms with Gasteiger partial charge in [0.1, 0.15) is 11.7 Å². The molecule has 0 saturated heterocycles. The summed E-state index contributed by atoms with van der Waals surface area (Å²) in [4.78, 5) is 4.65. The largest absolute Gasteiger partial charge is 0.454 e. The van der Waals surface area contributed by atoms with Crippen LogP contribution in [0.5, 0.6) is 0 Å². The molecule has 5 aromatic heterocycles. The third kappa shape index (κ3) is 5.12. The quantitative estimate of drug-likeness (QED) is 0.165. The van der Waals surface area contributed by atoms with Gasteiger partial charge in [-0.1, -0.05) is 164 Å². The van der Waals surface area contributed by atoms with E-state index in [-0.39, 0.29) is 0 Å². The van der Waals surface area contributed by atoms with Gasteiger partial charge in [-0.3, -0.25) is 0 Å². The Balaban J connectivity index is 1.27. The Bertz CT molecular complexity index is 4730. The zero-order valence-electron chi connectivity index (χ0n) is 37.4. The van der Waals surface area contributed by atoms with Gasteiger partial charge in [-0.15, -0.1) is 22.7 Å². The van der Waals surface area contributed by atoms with Crippen molar-refractivity contribution in [2.24, 2.45) is 0 Å². The van der Waals surface area contributed by atoms with Gasteiger partial charge in [0.2, 0.25) is 5.69 Å². The van der Waals surface area contributed by atoms with Crippen molar-refractivity contribution in [1.82, 2.24) is 9.13 Å². The van der Waals surface area contributed by atoms with Crippen LogP contribution < -0.4 is 0 Å². The zero-order valence-corrected chi connectivity index (χ0v) is 39.0. The first-order valence-corrected chi connectivity index (χ1v) is 24.9. The van der Waals surface area contributed by atoms with Gasteiger partial charge >= 0.3 is 0 Å². The van der Waals surface area contributed by atoms with Crippen LogP contribution >= 0.6 is 22.7 Å². The smallest absolute Gasteiger partial charge is 0.220 e. The summed E-state index contributed by atoms with van der Waals surface area (Å²) in [5.41, 5.74) is 11.8. The number of thiophene rings is 2. The number of aryl methyl sites for hydroxylation is 1. The third-order valence-corrected chi connectivity index (χ3v) is 16.9. The lowest BCUT2D eigenvalue weighted by Gasteiger charge is -2.26. The number of nitrogens with zero attached hydrogens (tertiary/aromatic N) is 4. The molecular formula is C63H34N4OS2. The molecule has 0 radical (unpaired) electrons. The Hall–Kier alpha value is -8.98. The van der Waals surface area contributed by atoms with E-state index in [1.54, 1.807) is 22.7 Å². The standard InChI is InChI=1S/C63H34N4OS2/c1-35-16-15-24-44-45-31-28-41-38-21-9-12-25-49(38)66(56(41)61(45)68-60(35)44)55-48(34-64)52(36-17-5-3-6-18-36)54(65-2)59(53(55)37-19-7-4-8-20-37)67-57-42(29-32-46-39-22-10-13-26-50(39)69-62(46)57)43-30-33-47-40-23-11-14-27-51(40)70-63(47)58(43)67/h3-33H,1H3. The van der Waals surface area contributed by atoms with E-state index in [0.29, 0.717) is 22.5 Å². The Morgan fingerprint density at radius 2 is 0.957 bits per heavy atom. The topological polar surface area (TPSA) is 51.1 Å². The molecule has 10 aromatic carbocycles. The number of para-hydroxylation sites is 2. The first kappa shape index (κ1) is 39.1. The molecule has 0 spiro atoms. The van der Waals surface area contributed by atoms with Crippen LogP contribution in [0.2, 0.25) is 0 Å². The summed E-state index contributed by atoms with van der Waals surface area (Å²) in [5.74, 6) is 0. The van der Waals surface area contributed by atoms with E-state index in [1.807, 2.05) is 36.4 Å². The molecule has 0 amide bonds. The minimum Gasteiger partial charge on any atom is -0.454 e. The highest BCUT2D eigenvalue weighted by molar-refractivity contribution is 7.27. The average molecular weight is 927 g/mol. The van der Waals surface area contributed by atoms with E-state index in [1.165, 1.54) is 20.2 Å². The van der Waals surface area contributed by atoms with Crippen LogP contribution in [0.4, 0.5) is 5.69 Å². The summed E-state index contributed by atoms with van der Waals surface area (Å²) in [5, 5.41) is 23.1. The number of rotatable bonds is 4. The lowest BCUT2D eigenvalue weighted by Crippen LogP contribution is -2.09. The van der Waals surface area contributed by atoms with Gasteiger partial charge in [0.25, 0.3) is 0 Å². The van der Waals surface area contributed by atoms with Gasteiger partial charge in [0, 0.05) is 74.4 Å². The van der Waals surface area contributed by atoms with E-state index >= 15 is 0 Å². The molecule has 70 heavy (non-hydrogen) atoms. The predicted molar refractivity (Wildman–Crippen MR) is 295 cm³/mol. The molecule has 15 aromatic rings. The highest BCUT2D eigenvalue weighted by Crippen LogP contribution is 2.55. The fourth-order valence-electron chi connectivity index (χ4n) is 11.6. The first-order valence-electron chi connectivity index (χ1n) is 23.3. The van der Waals surface area contributed by atoms with Crippen LogP contribution in [-0.4, -0.2) is 9.13 Å². The van der Waals surface area contributed by atoms with Crippen molar-refractivity contribution in [3.63, 3.8) is 0 Å². The van der Waals surface area contributed by atoms with E-state index < -0.39 is 0 Å². The lowest BCUT2D eigenvalue weighted by atomic mass is 9.88. The Morgan fingerprint density at radius 3 is 1.57 bits per heavy atom. The Kier molecular flexibility index (Phi) is 8.10. The van der Waals surface area contributed by atoms with Gasteiger partial charge in [0.05, 0.1) is 55.0 Å². The molecule has 0 atom stereocenters. The van der Waals surface area contributed by atoms with Gasteiger partial charge in [0.15, 0.2) is 5.58 Å². The summed E-state index contributed by atoms with van der Waals surface area (Å²) in [7, 11) is 0. The van der Waals surface area contributed by atoms with E-state index in [2.05, 4.69) is 179 Å². The molecule has 324 valence electrons. The monoisotopic (exact) mass is 926 g/mol. The second-order valence-electron chi connectivity index (χ2n) is 18.1. The fourth-order valence-corrected chi connectivity index (χ4v) is 14.1. The second kappa shape index (κ2) is 14.5. The molecule has 0 unspecified atom stereocenters. The number of hydrogen-bond donors (Lipinski definition) is 0. The van der Waals surface area contributed by atoms with Gasteiger partial charge in [-0.25, -0.2) is 4.85 Å². The summed E-state index contributed by atoms with van der Waals surface area (Å²) in [6.07, 6.45) is 0. The van der Waals surface area contributed by atoms with Crippen LogP contribution in [0.25, 0.3) is 144 Å². The SMILES string of the molecule is [C-]#[N+]c1c(-c2ccccc2)c(C#N)c(-n2c3ccccc3c3ccc4c5cccc(C)c5oc4c32)c(-c2ccccc2)c1-n1c2c(ccc3c4ccccc4sc32)c2ccc3c4ccccc4sc3c21. The van der Waals surface area contributed by atoms with Crippen LogP contribution in [0.1, 0.15) is 11.1 Å². The molecule has 0 N–H and O–H groups in total. The molecule has 7 heteroatoms. The number of benzene rings is 10. The predicted octanol–water partition coefficient (Wildman–Crippen LogP) is 18.6. The molecule has 0 saturated carbocycles. The van der Waals surface area contributed by atoms with E-state index in [9.17, 15) is 11.8 Å². The van der Waals surface area contributed by atoms with Crippen molar-refractivity contribution in [2.45, 2.75) is 6.92 Å². The number of hydrogen-bond acceptors (Lipinski definition) is 4. The normalized spacial score (nSPS) is 12.0. The Morgan fingerprint density at radius 1 is 0.457 bits per heavy atom. The summed E-state index contributed by atoms with van der Waals surface area (Å²) in [6.45, 7) is 11.6. The number of aromatic nitrogens is 2. The highest BCUT2D eigenvalue weighted by atomic mass is 32.1. The number of fused-ring (bicyclic) bond motifs is 18. The van der Waals surface area contributed by atoms with Crippen molar-refractivity contribution < 1.29 is 4.42 Å². The van der Waals surface area contributed by atoms with Crippen molar-refractivity contribution in [3.05, 3.63) is 211 Å². The second-order valence-corrected chi connectivity index (χ2v) is 20.2. The minimum atomic E-state index is 0.408. The number of furan rings is 1. The molecule has 5 nitrogen and oxygen atoms in total. The van der Waals surface area contributed by atoms with Crippen molar-refractivity contribution in [3.8, 4) is 39.7 Å². The maximum absolute atomic E-state index is 12.1. The first-order chi connectivity index (χ1) is 34.6. The zero-order chi connectivity index (χ0) is 46.4. The van der Waals surface area contributed by atoms with Crippen molar-refractivity contribution in [1.29, 1.82) is 5.26 Å². The summed E-state index contributed by atoms with van der Waals surface area (Å²) in [6, 6.07) is 68.8. The third-order valence-electron chi connectivity index (χ3n) is 14.5. The maximum Gasteiger partial charge on any atom is 0.220 e. The average Bonchev–Trinajstić information content (AvgIpc) is 4.23. The van der Waals surface area contributed by atoms with Crippen LogP contribution in [0.15, 0.2) is 192 Å². The molecule has 0 aliphatic heterocycles. The van der Waals surface area contributed by atoms with Gasteiger partial charge in [-0.2, -0.15) is 5.26 Å². The van der Waals surface area contributed by atoms with E-state index in [0.717, 1.165) is 114 Å². The van der Waals surface area contributed by atoms with Gasteiger partial charge < -0.3 is 13.6 Å². The maximum atomic E-state index is 12.1. The van der Waals surface area contributed by atoms with Crippen LogP contribution in [0.3, 0.4) is 0 Å². The molecule has 0 aliphatic carbocycles. The molecule has 0 bridgehead atoms. The summed E-state index contributed by atoms with van der Waals surface area (Å²) < 4.78 is 16.5. The fraction of sp³-hybridized carbons (Fsp3) is 0.0159. The minimum absolute atomic E-state index is 0.408. The summed E-state index contributed by atoms with van der Waals surface area (Å²) >= 11 is 3.59. The number of nitriles is 1. The molecular weight excluding hydrogens is 893 g/mol. The van der Waals surface area contributed by atoms with Crippen molar-refractivity contribution in [2.75, 3.05) is 0 Å². The molecule has 5 heterocycles. The van der Waals surface area contributed by atoms with Gasteiger partial charge in [-0.05, 0) is 47.9 Å². The Labute approximate surface area is 407 Å². The van der Waals surface area contributed by atoms with Crippen LogP contribution in [-0.2, 0) is 0 Å². The van der Waals surface area contributed by atoms with Crippen molar-refractivity contribution >= 4 is 134 Å². The van der Waals surface area contributed by atoms with E-state index in [4.69, 9.17) is 4.42 Å².